The molecular weight excluding hydrogens is 244 g/mol. The van der Waals surface area contributed by atoms with Gasteiger partial charge in [-0.1, -0.05) is 36.4 Å². The average molecular weight is 258 g/mol. The molecule has 0 aliphatic heterocycles. The minimum absolute atomic E-state index is 0.00352. The van der Waals surface area contributed by atoms with Gasteiger partial charge >= 0.3 is 0 Å². The van der Waals surface area contributed by atoms with E-state index in [-0.39, 0.29) is 12.4 Å². The van der Waals surface area contributed by atoms with Gasteiger partial charge in [0.15, 0.2) is 6.61 Å². The zero-order valence-corrected chi connectivity index (χ0v) is 10.9. The average Bonchev–Trinajstić information content (AvgIpc) is 2.45. The molecule has 2 nitrogen and oxygen atoms in total. The first-order chi connectivity index (χ1) is 8.81. The molecule has 92 valence electrons. The molecule has 0 heterocycles. The van der Waals surface area contributed by atoms with Crippen LogP contribution in [0.15, 0.2) is 59.5 Å². The lowest BCUT2D eigenvalue weighted by atomic mass is 10.1. The van der Waals surface area contributed by atoms with Crippen molar-refractivity contribution in [2.75, 3.05) is 12.9 Å². The minimum atomic E-state index is 0.00352. The zero-order valence-electron chi connectivity index (χ0n) is 10.1. The van der Waals surface area contributed by atoms with Gasteiger partial charge < -0.3 is 4.74 Å². The standard InChI is InChI=1S/C15H14O2S/c1-18-15-10-6-5-9-13(15)14(16)11-17-12-7-3-2-4-8-12/h2-10H,11H2,1H3. The molecule has 0 aliphatic rings. The van der Waals surface area contributed by atoms with Crippen LogP contribution in [0.4, 0.5) is 0 Å². The van der Waals surface area contributed by atoms with Crippen LogP contribution in [0, 0.1) is 0 Å². The second-order valence-electron chi connectivity index (χ2n) is 3.73. The Bertz CT molecular complexity index is 523. The number of carbonyl (C=O) groups is 1. The van der Waals surface area contributed by atoms with Gasteiger partial charge in [-0.25, -0.2) is 0 Å². The number of benzene rings is 2. The molecule has 0 bridgehead atoms. The quantitative estimate of drug-likeness (QED) is 0.604. The van der Waals surface area contributed by atoms with Crippen molar-refractivity contribution in [1.29, 1.82) is 0 Å². The summed E-state index contributed by atoms with van der Waals surface area (Å²) >= 11 is 1.57. The molecule has 0 saturated carbocycles. The summed E-state index contributed by atoms with van der Waals surface area (Å²) in [4.78, 5) is 13.0. The first-order valence-corrected chi connectivity index (χ1v) is 6.88. The molecule has 0 radical (unpaired) electrons. The van der Waals surface area contributed by atoms with Crippen molar-refractivity contribution < 1.29 is 9.53 Å². The normalized spacial score (nSPS) is 10.1. The van der Waals surface area contributed by atoms with Crippen molar-refractivity contribution in [3.63, 3.8) is 0 Å². The Balaban J connectivity index is 2.04. The fraction of sp³-hybridized carbons (Fsp3) is 0.133. The number of ketones is 1. The van der Waals surface area contributed by atoms with Crippen LogP contribution >= 0.6 is 11.8 Å². The van der Waals surface area contributed by atoms with E-state index in [9.17, 15) is 4.79 Å². The number of para-hydroxylation sites is 1. The third kappa shape index (κ3) is 3.14. The fourth-order valence-corrected chi connectivity index (χ4v) is 2.23. The van der Waals surface area contributed by atoms with Crippen molar-refractivity contribution >= 4 is 17.5 Å². The summed E-state index contributed by atoms with van der Waals surface area (Å²) in [5, 5.41) is 0. The largest absolute Gasteiger partial charge is 0.485 e. The van der Waals surface area contributed by atoms with E-state index in [2.05, 4.69) is 0 Å². The molecule has 0 aromatic heterocycles. The molecule has 0 saturated heterocycles. The SMILES string of the molecule is CSc1ccccc1C(=O)COc1ccccc1. The first kappa shape index (κ1) is 12.7. The number of hydrogen-bond acceptors (Lipinski definition) is 3. The molecule has 3 heteroatoms. The van der Waals surface area contributed by atoms with Crippen molar-refractivity contribution in [2.24, 2.45) is 0 Å². The van der Waals surface area contributed by atoms with Crippen LogP contribution in [0.5, 0.6) is 5.75 Å². The van der Waals surface area contributed by atoms with Gasteiger partial charge in [-0.2, -0.15) is 0 Å². The Morgan fingerprint density at radius 2 is 1.72 bits per heavy atom. The lowest BCUT2D eigenvalue weighted by Crippen LogP contribution is -2.12. The summed E-state index contributed by atoms with van der Waals surface area (Å²) in [7, 11) is 0. The van der Waals surface area contributed by atoms with Crippen LogP contribution in [0.25, 0.3) is 0 Å². The predicted octanol–water partition coefficient (Wildman–Crippen LogP) is 3.67. The minimum Gasteiger partial charge on any atom is -0.485 e. The number of ether oxygens (including phenoxy) is 1. The number of hydrogen-bond donors (Lipinski definition) is 0. The maximum atomic E-state index is 12.1. The van der Waals surface area contributed by atoms with Crippen LogP contribution < -0.4 is 4.74 Å². The number of rotatable bonds is 5. The van der Waals surface area contributed by atoms with Gasteiger partial charge in [0.25, 0.3) is 0 Å². The zero-order chi connectivity index (χ0) is 12.8. The van der Waals surface area contributed by atoms with E-state index in [1.165, 1.54) is 0 Å². The van der Waals surface area contributed by atoms with Crippen LogP contribution in [0.3, 0.4) is 0 Å². The fourth-order valence-electron chi connectivity index (χ4n) is 1.62. The van der Waals surface area contributed by atoms with E-state index in [0.717, 1.165) is 10.5 Å². The van der Waals surface area contributed by atoms with Crippen LogP contribution in [-0.4, -0.2) is 18.6 Å². The number of thioether (sulfide) groups is 1. The summed E-state index contributed by atoms with van der Waals surface area (Å²) in [5.74, 6) is 0.719. The van der Waals surface area contributed by atoms with Crippen LogP contribution in [0.2, 0.25) is 0 Å². The smallest absolute Gasteiger partial charge is 0.201 e. The third-order valence-corrected chi connectivity index (χ3v) is 3.32. The molecular formula is C15H14O2S. The molecule has 0 amide bonds. The monoisotopic (exact) mass is 258 g/mol. The van der Waals surface area contributed by atoms with Gasteiger partial charge in [-0.3, -0.25) is 4.79 Å². The highest BCUT2D eigenvalue weighted by Gasteiger charge is 2.10. The summed E-state index contributed by atoms with van der Waals surface area (Å²) in [6.45, 7) is 0.0710. The van der Waals surface area contributed by atoms with Crippen molar-refractivity contribution in [3.05, 3.63) is 60.2 Å². The molecule has 0 fully saturated rings. The summed E-state index contributed by atoms with van der Waals surface area (Å²) in [5.41, 5.74) is 0.723. The van der Waals surface area contributed by atoms with Crippen molar-refractivity contribution in [2.45, 2.75) is 4.90 Å². The maximum Gasteiger partial charge on any atom is 0.201 e. The second kappa shape index (κ2) is 6.26. The lowest BCUT2D eigenvalue weighted by molar-refractivity contribution is 0.0918. The Morgan fingerprint density at radius 3 is 2.44 bits per heavy atom. The number of Topliss-reactive ketones (excluding diaryl/α,β-unsaturated/α-hetero) is 1. The molecule has 2 aromatic rings. The molecule has 0 N–H and O–H groups in total. The highest BCUT2D eigenvalue weighted by Crippen LogP contribution is 2.20. The van der Waals surface area contributed by atoms with Gasteiger partial charge in [0.1, 0.15) is 5.75 Å². The van der Waals surface area contributed by atoms with Gasteiger partial charge in [-0.15, -0.1) is 11.8 Å². The highest BCUT2D eigenvalue weighted by molar-refractivity contribution is 7.98. The molecule has 0 aliphatic carbocycles. The van der Waals surface area contributed by atoms with E-state index in [1.54, 1.807) is 11.8 Å². The van der Waals surface area contributed by atoms with Crippen LogP contribution in [0.1, 0.15) is 10.4 Å². The van der Waals surface area contributed by atoms with Gasteiger partial charge in [0.05, 0.1) is 0 Å². The highest BCUT2D eigenvalue weighted by atomic mass is 32.2. The van der Waals surface area contributed by atoms with E-state index in [0.29, 0.717) is 5.75 Å². The molecule has 0 unspecified atom stereocenters. The molecule has 18 heavy (non-hydrogen) atoms. The number of carbonyl (C=O) groups excluding carboxylic acids is 1. The lowest BCUT2D eigenvalue weighted by Gasteiger charge is -2.07. The molecule has 0 atom stereocenters. The summed E-state index contributed by atoms with van der Waals surface area (Å²) in [6.07, 6.45) is 1.96. The summed E-state index contributed by atoms with van der Waals surface area (Å²) in [6, 6.07) is 16.9. The van der Waals surface area contributed by atoms with Gasteiger partial charge in [0.2, 0.25) is 5.78 Å². The Kier molecular flexibility index (Phi) is 4.42. The van der Waals surface area contributed by atoms with E-state index in [4.69, 9.17) is 4.74 Å². The van der Waals surface area contributed by atoms with Crippen LogP contribution in [-0.2, 0) is 0 Å². The predicted molar refractivity (Wildman–Crippen MR) is 74.5 cm³/mol. The second-order valence-corrected chi connectivity index (χ2v) is 4.57. The third-order valence-electron chi connectivity index (χ3n) is 2.52. The van der Waals surface area contributed by atoms with Gasteiger partial charge in [-0.05, 0) is 24.5 Å². The van der Waals surface area contributed by atoms with E-state index in [1.807, 2.05) is 60.9 Å². The molecule has 0 spiro atoms. The maximum absolute atomic E-state index is 12.1. The molecule has 2 rings (SSSR count). The van der Waals surface area contributed by atoms with Gasteiger partial charge in [0, 0.05) is 10.5 Å². The van der Waals surface area contributed by atoms with E-state index >= 15 is 0 Å². The Labute approximate surface area is 111 Å². The first-order valence-electron chi connectivity index (χ1n) is 5.65. The molecule has 2 aromatic carbocycles. The van der Waals surface area contributed by atoms with E-state index < -0.39 is 0 Å². The Hall–Kier alpha value is -1.74. The topological polar surface area (TPSA) is 26.3 Å². The Morgan fingerprint density at radius 1 is 1.06 bits per heavy atom. The van der Waals surface area contributed by atoms with Crippen molar-refractivity contribution in [3.8, 4) is 5.75 Å². The van der Waals surface area contributed by atoms with Crippen molar-refractivity contribution in [1.82, 2.24) is 0 Å². The summed E-state index contributed by atoms with van der Waals surface area (Å²) < 4.78 is 5.46.